The topological polar surface area (TPSA) is 35.5 Å². The molecule has 0 aromatic rings. The fraction of sp³-hybridized carbons (Fsp3) is 0.917. The van der Waals surface area contributed by atoms with Crippen LogP contribution in [-0.2, 0) is 14.3 Å². The van der Waals surface area contributed by atoms with Gasteiger partial charge in [-0.1, -0.05) is 27.2 Å². The lowest BCUT2D eigenvalue weighted by atomic mass is 9.97. The standard InChI is InChI=1S/C12H21F3O3/c1-5-7-8(3)9(6-2)18-11(16)10(17-4)12(13,14)15/h8-10H,5-7H2,1-4H3. The number of rotatable bonds is 7. The van der Waals surface area contributed by atoms with Gasteiger partial charge < -0.3 is 9.47 Å². The summed E-state index contributed by atoms with van der Waals surface area (Å²) >= 11 is 0. The van der Waals surface area contributed by atoms with Gasteiger partial charge in [-0.15, -0.1) is 0 Å². The number of carbonyl (C=O) groups excluding carboxylic acids is 1. The van der Waals surface area contributed by atoms with Gasteiger partial charge in [0.2, 0.25) is 0 Å². The number of alkyl halides is 3. The summed E-state index contributed by atoms with van der Waals surface area (Å²) in [6.45, 7) is 5.61. The van der Waals surface area contributed by atoms with E-state index < -0.39 is 24.4 Å². The molecule has 0 aliphatic carbocycles. The third-order valence-corrected chi connectivity index (χ3v) is 2.80. The van der Waals surface area contributed by atoms with Crippen LogP contribution in [0, 0.1) is 5.92 Å². The zero-order valence-electron chi connectivity index (χ0n) is 11.2. The first-order valence-corrected chi connectivity index (χ1v) is 6.07. The number of hydrogen-bond donors (Lipinski definition) is 0. The Hall–Kier alpha value is -0.780. The number of ether oxygens (including phenoxy) is 2. The molecule has 0 N–H and O–H groups in total. The van der Waals surface area contributed by atoms with Crippen molar-refractivity contribution in [1.29, 1.82) is 0 Å². The Balaban J connectivity index is 4.59. The van der Waals surface area contributed by atoms with Crippen LogP contribution in [0.1, 0.15) is 40.0 Å². The first-order chi connectivity index (χ1) is 8.27. The highest BCUT2D eigenvalue weighted by Gasteiger charge is 2.47. The largest absolute Gasteiger partial charge is 0.460 e. The Morgan fingerprint density at radius 3 is 2.17 bits per heavy atom. The maximum atomic E-state index is 12.4. The first kappa shape index (κ1) is 17.2. The third kappa shape index (κ3) is 5.25. The van der Waals surface area contributed by atoms with Crippen LogP contribution in [0.5, 0.6) is 0 Å². The summed E-state index contributed by atoms with van der Waals surface area (Å²) in [5.74, 6) is -1.32. The van der Waals surface area contributed by atoms with Crippen molar-refractivity contribution in [2.24, 2.45) is 5.92 Å². The van der Waals surface area contributed by atoms with Crippen molar-refractivity contribution in [1.82, 2.24) is 0 Å². The van der Waals surface area contributed by atoms with Crippen molar-refractivity contribution < 1.29 is 27.4 Å². The van der Waals surface area contributed by atoms with Gasteiger partial charge in [0, 0.05) is 7.11 Å². The van der Waals surface area contributed by atoms with E-state index in [1.165, 1.54) is 0 Å². The molecular weight excluding hydrogens is 249 g/mol. The normalized spacial score (nSPS) is 17.1. The Morgan fingerprint density at radius 2 is 1.83 bits per heavy atom. The van der Waals surface area contributed by atoms with Crippen molar-refractivity contribution >= 4 is 5.97 Å². The average Bonchev–Trinajstić information content (AvgIpc) is 2.24. The summed E-state index contributed by atoms with van der Waals surface area (Å²) in [5, 5.41) is 0. The van der Waals surface area contributed by atoms with E-state index >= 15 is 0 Å². The molecule has 0 spiro atoms. The van der Waals surface area contributed by atoms with Crippen molar-refractivity contribution in [2.75, 3.05) is 7.11 Å². The maximum Gasteiger partial charge on any atom is 0.425 e. The second-order valence-electron chi connectivity index (χ2n) is 4.31. The SMILES string of the molecule is CCCC(C)C(CC)OC(=O)C(OC)C(F)(F)F. The smallest absolute Gasteiger partial charge is 0.425 e. The Labute approximate surface area is 106 Å². The van der Waals surface area contributed by atoms with E-state index in [1.807, 2.05) is 13.8 Å². The number of halogens is 3. The van der Waals surface area contributed by atoms with Crippen LogP contribution in [0.25, 0.3) is 0 Å². The number of methoxy groups -OCH3 is 1. The highest BCUT2D eigenvalue weighted by atomic mass is 19.4. The van der Waals surface area contributed by atoms with Crippen LogP contribution in [0.3, 0.4) is 0 Å². The molecule has 0 amide bonds. The summed E-state index contributed by atoms with van der Waals surface area (Å²) < 4.78 is 46.4. The van der Waals surface area contributed by atoms with Crippen LogP contribution in [0.2, 0.25) is 0 Å². The summed E-state index contributed by atoms with van der Waals surface area (Å²) in [5.41, 5.74) is 0. The molecular formula is C12H21F3O3. The fourth-order valence-corrected chi connectivity index (χ4v) is 1.82. The van der Waals surface area contributed by atoms with E-state index in [1.54, 1.807) is 6.92 Å². The van der Waals surface area contributed by atoms with Crippen LogP contribution in [0.4, 0.5) is 13.2 Å². The molecule has 3 unspecified atom stereocenters. The molecule has 0 radical (unpaired) electrons. The predicted octanol–water partition coefficient (Wildman–Crippen LogP) is 3.32. The molecule has 0 saturated carbocycles. The molecule has 0 fully saturated rings. The highest BCUT2D eigenvalue weighted by molar-refractivity contribution is 5.75. The molecule has 0 rings (SSSR count). The lowest BCUT2D eigenvalue weighted by Gasteiger charge is -2.25. The molecule has 0 heterocycles. The molecule has 0 aliphatic heterocycles. The number of carbonyl (C=O) groups is 1. The number of hydrogen-bond acceptors (Lipinski definition) is 3. The summed E-state index contributed by atoms with van der Waals surface area (Å²) in [4.78, 5) is 11.4. The van der Waals surface area contributed by atoms with Gasteiger partial charge >= 0.3 is 12.1 Å². The lowest BCUT2D eigenvalue weighted by Crippen LogP contribution is -2.41. The first-order valence-electron chi connectivity index (χ1n) is 6.07. The molecule has 18 heavy (non-hydrogen) atoms. The van der Waals surface area contributed by atoms with Crippen LogP contribution >= 0.6 is 0 Å². The molecule has 3 nitrogen and oxygen atoms in total. The second kappa shape index (κ2) is 7.61. The summed E-state index contributed by atoms with van der Waals surface area (Å²) in [6, 6.07) is 0. The Kier molecular flexibility index (Phi) is 7.28. The van der Waals surface area contributed by atoms with E-state index in [2.05, 4.69) is 4.74 Å². The summed E-state index contributed by atoms with van der Waals surface area (Å²) in [7, 11) is 0.843. The average molecular weight is 270 g/mol. The van der Waals surface area contributed by atoms with Gasteiger partial charge in [0.1, 0.15) is 6.10 Å². The minimum atomic E-state index is -4.74. The van der Waals surface area contributed by atoms with E-state index in [0.29, 0.717) is 6.42 Å². The molecule has 3 atom stereocenters. The van der Waals surface area contributed by atoms with Gasteiger partial charge in [0.05, 0.1) is 0 Å². The van der Waals surface area contributed by atoms with Crippen LogP contribution in [-0.4, -0.2) is 31.5 Å². The second-order valence-corrected chi connectivity index (χ2v) is 4.31. The predicted molar refractivity (Wildman–Crippen MR) is 61.1 cm³/mol. The molecule has 0 aromatic heterocycles. The Bertz CT molecular complexity index is 253. The van der Waals surface area contributed by atoms with Gasteiger partial charge in [-0.25, -0.2) is 4.79 Å². The minimum absolute atomic E-state index is 0.0367. The van der Waals surface area contributed by atoms with Crippen LogP contribution in [0.15, 0.2) is 0 Å². The zero-order valence-corrected chi connectivity index (χ0v) is 11.2. The highest BCUT2D eigenvalue weighted by Crippen LogP contribution is 2.25. The van der Waals surface area contributed by atoms with E-state index in [4.69, 9.17) is 4.74 Å². The molecule has 108 valence electrons. The van der Waals surface area contributed by atoms with Gasteiger partial charge in [-0.05, 0) is 18.8 Å². The van der Waals surface area contributed by atoms with E-state index in [-0.39, 0.29) is 5.92 Å². The van der Waals surface area contributed by atoms with Crippen molar-refractivity contribution in [3.8, 4) is 0 Å². The van der Waals surface area contributed by atoms with Gasteiger partial charge in [-0.2, -0.15) is 13.2 Å². The van der Waals surface area contributed by atoms with E-state index in [9.17, 15) is 18.0 Å². The zero-order chi connectivity index (χ0) is 14.3. The molecule has 6 heteroatoms. The quantitative estimate of drug-likeness (QED) is 0.666. The molecule has 0 saturated heterocycles. The summed E-state index contributed by atoms with van der Waals surface area (Å²) in [6.07, 6.45) is -5.56. The third-order valence-electron chi connectivity index (χ3n) is 2.80. The van der Waals surface area contributed by atoms with Crippen LogP contribution < -0.4 is 0 Å². The molecule has 0 aliphatic rings. The maximum absolute atomic E-state index is 12.4. The minimum Gasteiger partial charge on any atom is -0.460 e. The van der Waals surface area contributed by atoms with Gasteiger partial charge in [0.15, 0.2) is 0 Å². The molecule has 0 aromatic carbocycles. The number of esters is 1. The van der Waals surface area contributed by atoms with Crippen molar-refractivity contribution in [2.45, 2.75) is 58.4 Å². The Morgan fingerprint density at radius 1 is 1.28 bits per heavy atom. The van der Waals surface area contributed by atoms with Crippen molar-refractivity contribution in [3.05, 3.63) is 0 Å². The van der Waals surface area contributed by atoms with Gasteiger partial charge in [-0.3, -0.25) is 0 Å². The van der Waals surface area contributed by atoms with Crippen molar-refractivity contribution in [3.63, 3.8) is 0 Å². The molecule has 0 bridgehead atoms. The lowest BCUT2D eigenvalue weighted by molar-refractivity contribution is -0.228. The monoisotopic (exact) mass is 270 g/mol. The fourth-order valence-electron chi connectivity index (χ4n) is 1.82. The van der Waals surface area contributed by atoms with Gasteiger partial charge in [0.25, 0.3) is 6.10 Å². The van der Waals surface area contributed by atoms with E-state index in [0.717, 1.165) is 20.0 Å².